The van der Waals surface area contributed by atoms with Crippen LogP contribution >= 0.6 is 0 Å². The molecule has 21 heavy (non-hydrogen) atoms. The molecule has 0 aliphatic heterocycles. The number of halogens is 3. The van der Waals surface area contributed by atoms with Gasteiger partial charge in [-0.15, -0.1) is 0 Å². The van der Waals surface area contributed by atoms with Crippen LogP contribution in [0.25, 0.3) is 0 Å². The Morgan fingerprint density at radius 3 is 2.43 bits per heavy atom. The van der Waals surface area contributed by atoms with E-state index in [-0.39, 0.29) is 17.6 Å². The Bertz CT molecular complexity index is 572. The molecule has 2 aromatic rings. The van der Waals surface area contributed by atoms with Crippen LogP contribution in [0, 0.1) is 5.82 Å². The van der Waals surface area contributed by atoms with Crippen LogP contribution < -0.4 is 10.1 Å². The van der Waals surface area contributed by atoms with Gasteiger partial charge < -0.3 is 10.1 Å². The van der Waals surface area contributed by atoms with E-state index < -0.39 is 6.61 Å². The summed E-state index contributed by atoms with van der Waals surface area (Å²) in [5.74, 6) is -0.137. The summed E-state index contributed by atoms with van der Waals surface area (Å²) in [4.78, 5) is 0. The van der Waals surface area contributed by atoms with Gasteiger partial charge in [0.1, 0.15) is 11.6 Å². The molecule has 0 radical (unpaired) electrons. The molecule has 0 bridgehead atoms. The summed E-state index contributed by atoms with van der Waals surface area (Å²) in [6.07, 6.45) is 0. The molecule has 5 heteroatoms. The zero-order valence-electron chi connectivity index (χ0n) is 11.5. The maximum atomic E-state index is 13.1. The molecule has 0 heterocycles. The van der Waals surface area contributed by atoms with Crippen molar-refractivity contribution in [3.63, 3.8) is 0 Å². The minimum atomic E-state index is -2.82. The first-order chi connectivity index (χ1) is 10.0. The van der Waals surface area contributed by atoms with Crippen molar-refractivity contribution in [2.24, 2.45) is 0 Å². The zero-order valence-corrected chi connectivity index (χ0v) is 11.5. The molecule has 112 valence electrons. The zero-order chi connectivity index (χ0) is 15.2. The van der Waals surface area contributed by atoms with Crippen LogP contribution in [0.1, 0.15) is 24.1 Å². The molecule has 2 aromatic carbocycles. The smallest absolute Gasteiger partial charge is 0.387 e. The lowest BCUT2D eigenvalue weighted by atomic mass is 10.1. The summed E-state index contributed by atoms with van der Waals surface area (Å²) >= 11 is 0. The average molecular weight is 295 g/mol. The molecule has 0 amide bonds. The summed E-state index contributed by atoms with van der Waals surface area (Å²) in [6, 6.07) is 12.8. The van der Waals surface area contributed by atoms with Crippen molar-refractivity contribution in [2.75, 3.05) is 0 Å². The maximum absolute atomic E-state index is 13.1. The Balaban J connectivity index is 1.90. The first-order valence-electron chi connectivity index (χ1n) is 6.57. The van der Waals surface area contributed by atoms with Gasteiger partial charge in [-0.25, -0.2) is 4.39 Å². The number of alkyl halides is 2. The number of hydrogen-bond acceptors (Lipinski definition) is 2. The molecule has 0 saturated heterocycles. The summed E-state index contributed by atoms with van der Waals surface area (Å²) in [5.41, 5.74) is 1.78. The van der Waals surface area contributed by atoms with Crippen LogP contribution in [0.15, 0.2) is 48.5 Å². The topological polar surface area (TPSA) is 21.3 Å². The number of benzene rings is 2. The third-order valence-electron chi connectivity index (χ3n) is 3.11. The van der Waals surface area contributed by atoms with Gasteiger partial charge in [-0.3, -0.25) is 0 Å². The fraction of sp³-hybridized carbons (Fsp3) is 0.250. The molecule has 0 unspecified atom stereocenters. The van der Waals surface area contributed by atoms with E-state index in [4.69, 9.17) is 0 Å². The predicted octanol–water partition coefficient (Wildman–Crippen LogP) is 4.28. The highest BCUT2D eigenvalue weighted by Gasteiger charge is 2.07. The maximum Gasteiger partial charge on any atom is 0.387 e. The van der Waals surface area contributed by atoms with Crippen LogP contribution in [0.4, 0.5) is 13.2 Å². The summed E-state index contributed by atoms with van der Waals surface area (Å²) in [6.45, 7) is -0.336. The van der Waals surface area contributed by atoms with Crippen molar-refractivity contribution in [1.82, 2.24) is 5.32 Å². The second kappa shape index (κ2) is 7.13. The van der Waals surface area contributed by atoms with Crippen molar-refractivity contribution in [2.45, 2.75) is 26.1 Å². The van der Waals surface area contributed by atoms with Crippen molar-refractivity contribution in [1.29, 1.82) is 0 Å². The average Bonchev–Trinajstić information content (AvgIpc) is 2.45. The standard InChI is InChI=1S/C16H16F3NO/c1-11(13-3-2-4-14(17)9-13)20-10-12-5-7-15(8-6-12)21-16(18)19/h2-9,11,16,20H,10H2,1H3/t11-/m0/s1. The number of ether oxygens (including phenoxy) is 1. The molecule has 1 N–H and O–H groups in total. The molecule has 0 saturated carbocycles. The molecule has 0 spiro atoms. The van der Waals surface area contributed by atoms with Crippen molar-refractivity contribution < 1.29 is 17.9 Å². The van der Waals surface area contributed by atoms with E-state index in [1.165, 1.54) is 24.3 Å². The van der Waals surface area contributed by atoms with Gasteiger partial charge in [0.15, 0.2) is 0 Å². The minimum absolute atomic E-state index is 0.0160. The Hall–Kier alpha value is -2.01. The number of hydrogen-bond donors (Lipinski definition) is 1. The second-order valence-corrected chi connectivity index (χ2v) is 4.68. The van der Waals surface area contributed by atoms with Crippen LogP contribution in [0.2, 0.25) is 0 Å². The van der Waals surface area contributed by atoms with Crippen molar-refractivity contribution >= 4 is 0 Å². The summed E-state index contributed by atoms with van der Waals surface area (Å²) in [5, 5.41) is 3.25. The normalized spacial score (nSPS) is 12.4. The highest BCUT2D eigenvalue weighted by atomic mass is 19.3. The highest BCUT2D eigenvalue weighted by Crippen LogP contribution is 2.17. The van der Waals surface area contributed by atoms with E-state index in [2.05, 4.69) is 10.1 Å². The van der Waals surface area contributed by atoms with E-state index in [1.807, 2.05) is 13.0 Å². The second-order valence-electron chi connectivity index (χ2n) is 4.68. The number of nitrogens with one attached hydrogen (secondary N) is 1. The molecule has 2 nitrogen and oxygen atoms in total. The summed E-state index contributed by atoms with van der Waals surface area (Å²) < 4.78 is 41.5. The SMILES string of the molecule is C[C@H](NCc1ccc(OC(F)F)cc1)c1cccc(F)c1. The Morgan fingerprint density at radius 1 is 1.10 bits per heavy atom. The fourth-order valence-electron chi connectivity index (χ4n) is 1.95. The first-order valence-corrected chi connectivity index (χ1v) is 6.57. The highest BCUT2D eigenvalue weighted by molar-refractivity contribution is 5.27. The van der Waals surface area contributed by atoms with Gasteiger partial charge in [-0.05, 0) is 42.3 Å². The first kappa shape index (κ1) is 15.4. The largest absolute Gasteiger partial charge is 0.435 e. The Labute approximate surface area is 121 Å². The lowest BCUT2D eigenvalue weighted by Crippen LogP contribution is -2.18. The van der Waals surface area contributed by atoms with E-state index in [0.717, 1.165) is 11.1 Å². The quantitative estimate of drug-likeness (QED) is 0.859. The molecule has 0 aliphatic rings. The fourth-order valence-corrected chi connectivity index (χ4v) is 1.95. The van der Waals surface area contributed by atoms with Gasteiger partial charge in [0, 0.05) is 12.6 Å². The minimum Gasteiger partial charge on any atom is -0.435 e. The molecular weight excluding hydrogens is 279 g/mol. The molecule has 0 aliphatic carbocycles. The molecule has 0 aromatic heterocycles. The van der Waals surface area contributed by atoms with Gasteiger partial charge in [-0.2, -0.15) is 8.78 Å². The van der Waals surface area contributed by atoms with Crippen LogP contribution in [-0.2, 0) is 6.54 Å². The van der Waals surface area contributed by atoms with Gasteiger partial charge >= 0.3 is 6.61 Å². The predicted molar refractivity (Wildman–Crippen MR) is 74.7 cm³/mol. The monoisotopic (exact) mass is 295 g/mol. The third-order valence-corrected chi connectivity index (χ3v) is 3.11. The summed E-state index contributed by atoms with van der Waals surface area (Å²) in [7, 11) is 0. The lowest BCUT2D eigenvalue weighted by Gasteiger charge is -2.14. The van der Waals surface area contributed by atoms with Gasteiger partial charge in [0.25, 0.3) is 0 Å². The van der Waals surface area contributed by atoms with E-state index in [1.54, 1.807) is 18.2 Å². The van der Waals surface area contributed by atoms with Gasteiger partial charge in [0.05, 0.1) is 0 Å². The van der Waals surface area contributed by atoms with Crippen LogP contribution in [-0.4, -0.2) is 6.61 Å². The van der Waals surface area contributed by atoms with E-state index in [9.17, 15) is 13.2 Å². The molecular formula is C16H16F3NO. The molecule has 0 fully saturated rings. The lowest BCUT2D eigenvalue weighted by molar-refractivity contribution is -0.0498. The third kappa shape index (κ3) is 4.79. The van der Waals surface area contributed by atoms with E-state index >= 15 is 0 Å². The van der Waals surface area contributed by atoms with Crippen molar-refractivity contribution in [3.8, 4) is 5.75 Å². The van der Waals surface area contributed by atoms with Crippen molar-refractivity contribution in [3.05, 3.63) is 65.5 Å². The van der Waals surface area contributed by atoms with Crippen LogP contribution in [0.3, 0.4) is 0 Å². The van der Waals surface area contributed by atoms with Gasteiger partial charge in [-0.1, -0.05) is 24.3 Å². The Morgan fingerprint density at radius 2 is 1.81 bits per heavy atom. The van der Waals surface area contributed by atoms with E-state index in [0.29, 0.717) is 6.54 Å². The molecule has 2 rings (SSSR count). The molecule has 1 atom stereocenters. The van der Waals surface area contributed by atoms with Gasteiger partial charge in [0.2, 0.25) is 0 Å². The van der Waals surface area contributed by atoms with Crippen LogP contribution in [0.5, 0.6) is 5.75 Å². The Kier molecular flexibility index (Phi) is 5.22. The number of rotatable bonds is 6.